The van der Waals surface area contributed by atoms with Gasteiger partial charge in [0.1, 0.15) is 35.5 Å². The number of rotatable bonds is 30. The Morgan fingerprint density at radius 1 is 0.369 bits per heavy atom. The zero-order valence-corrected chi connectivity index (χ0v) is 86.3. The molecule has 8 fully saturated rings. The standard InChI is InChI=1S/C25H29FN4O4S.2C25H30N4O4S.C20H25N5O3S.C4H5FO2.2H2S/c1-29-13-21-24(25(29)32)20(10-16(27-21)11-23(31)17-12-18(17)26)28-19-8-7-15(14-5-4-6-14)9-22(19)30(2)35(3,33)34;2*1-28-14-21-24(25(28)31)20(12-18(26-21)13-23(30)16-7-8-16)27-19-10-9-17(15-5-4-6-15)11-22(19)29(2)34(3,32)33;1-24-11-16-19(20(24)26)15(10-18(21)23-16)22-14-8-7-13(12-5-4-6-12)9-17(14)25(2)29(3,27)28;5-3-1-2(3)4(6)7;;/h7-10,14,17-18H,4-6,11-13H2,1-3H3,(H,27,28);2*9-12,15-16H,4-8,13-14H2,1-3H3,(H,26,27);7-10,12H,4-6,11H2,1-3H3,(H3,21,22,23);2-3H,1H2,(H,6,7);2*1H2/t17-,18+;;;;2-,3+;;/m1...1../s1. The van der Waals surface area contributed by atoms with Crippen LogP contribution in [0.1, 0.15) is 243 Å². The number of nitrogens with two attached hydrogens (primary N) is 1. The molecule has 141 heavy (non-hydrogen) atoms. The molecule has 0 spiro atoms. The summed E-state index contributed by atoms with van der Waals surface area (Å²) in [5.41, 5.74) is 22.9. The number of aromatic nitrogens is 4. The fraction of sp³-hybridized carbons (Fsp3) is 0.475. The molecular weight excluding hydrogens is 1930 g/mol. The third-order valence-corrected chi connectivity index (χ3v) is 33.2. The Balaban J connectivity index is 0.000000145. The van der Waals surface area contributed by atoms with Crippen LogP contribution in [0.3, 0.4) is 0 Å². The lowest BCUT2D eigenvalue weighted by atomic mass is 9.80. The SMILES string of the molecule is CN1Cc2nc(CC(=O)C3CC3)cc(Nc3ccc(C4CCC4)cc3N(C)S(C)(=O)=O)c2C1=O.CN1Cc2nc(CC(=O)C3CC3)cc(Nc3ccc(C4CCC4)cc3N(C)S(C)(=O)=O)c2C1=O.CN1Cc2nc(CC(=O)[C@@H]3C[C@@H]3F)cc(Nc3ccc(C4CCC4)cc3N(C)S(C)(=O)=O)c2C1=O.CN1Cc2nc(N)cc(Nc3ccc(C4CCC4)cc3N(C)S(C)(=O)=O)c2C1=O.O=C(O)[C@@H]1C[C@@H]1F.S.S. The van der Waals surface area contributed by atoms with E-state index in [0.717, 1.165) is 112 Å². The number of hydrogen-bond acceptors (Lipinski definition) is 25. The normalized spacial score (nSPS) is 19.3. The van der Waals surface area contributed by atoms with Gasteiger partial charge in [-0.3, -0.25) is 70.5 Å². The van der Waals surface area contributed by atoms with Gasteiger partial charge in [-0.15, -0.1) is 0 Å². The Morgan fingerprint density at radius 2 is 0.603 bits per heavy atom. The topological polar surface area (TPSA) is 445 Å². The van der Waals surface area contributed by atoms with E-state index in [1.165, 1.54) is 88.3 Å². The second-order valence-corrected chi connectivity index (χ2v) is 47.1. The average molecular weight is 2050 g/mol. The number of fused-ring (bicyclic) bond motifs is 4. The lowest BCUT2D eigenvalue weighted by Gasteiger charge is -2.28. The molecule has 12 aliphatic rings. The maximum absolute atomic E-state index is 13.4. The molecule has 8 aromatic rings. The Kier molecular flexibility index (Phi) is 31.2. The van der Waals surface area contributed by atoms with Gasteiger partial charge in [0.05, 0.1) is 193 Å². The fourth-order valence-electron chi connectivity index (χ4n) is 18.2. The molecule has 8 heterocycles. The number of nitrogen functional groups attached to an aromatic ring is 1. The van der Waals surface area contributed by atoms with Crippen LogP contribution >= 0.6 is 27.0 Å². The van der Waals surface area contributed by atoms with Gasteiger partial charge in [-0.1, -0.05) is 49.9 Å². The molecule has 0 saturated heterocycles. The number of carboxylic acids is 1. The summed E-state index contributed by atoms with van der Waals surface area (Å²) in [6.45, 7) is 1.46. The summed E-state index contributed by atoms with van der Waals surface area (Å²) < 4.78 is 129. The molecule has 0 unspecified atom stereocenters. The first kappa shape index (κ1) is 105. The maximum Gasteiger partial charge on any atom is 0.309 e. The van der Waals surface area contributed by atoms with Crippen molar-refractivity contribution in [1.29, 1.82) is 0 Å². The van der Waals surface area contributed by atoms with Crippen LogP contribution in [-0.4, -0.2) is 219 Å². The molecule has 4 amide bonds. The number of aliphatic carboxylic acids is 1. The van der Waals surface area contributed by atoms with Crippen LogP contribution in [0.5, 0.6) is 0 Å². The molecule has 4 atom stereocenters. The zero-order chi connectivity index (χ0) is 99.8. The minimum Gasteiger partial charge on any atom is -0.481 e. The number of benzene rings is 4. The number of carboxylic acid groups (broad SMARTS) is 1. The minimum absolute atomic E-state index is 0. The fourth-order valence-corrected chi connectivity index (χ4v) is 20.3. The van der Waals surface area contributed by atoms with Gasteiger partial charge < -0.3 is 51.7 Å². The number of amides is 4. The predicted molar refractivity (Wildman–Crippen MR) is 549 cm³/mol. The second kappa shape index (κ2) is 41.8. The number of pyridine rings is 4. The summed E-state index contributed by atoms with van der Waals surface area (Å²) in [4.78, 5) is 123. The number of nitrogens with zero attached hydrogens (tertiary/aromatic N) is 12. The Hall–Kier alpha value is -11.6. The number of halogens is 2. The molecule has 42 heteroatoms. The van der Waals surface area contributed by atoms with Crippen molar-refractivity contribution in [3.05, 3.63) is 181 Å². The predicted octanol–water partition coefficient (Wildman–Crippen LogP) is 14.0. The summed E-state index contributed by atoms with van der Waals surface area (Å²) in [5, 5.41) is 21.2. The lowest BCUT2D eigenvalue weighted by Crippen LogP contribution is -2.26. The number of Topliss-reactive ketones (excluding diaryl/α,β-unsaturated/α-hetero) is 3. The van der Waals surface area contributed by atoms with Crippen LogP contribution in [-0.2, 0) is 105 Å². The quantitative estimate of drug-likeness (QED) is 0.0243. The van der Waals surface area contributed by atoms with Crippen molar-refractivity contribution in [2.75, 3.05) is 126 Å². The van der Waals surface area contributed by atoms with Gasteiger partial charge in [-0.2, -0.15) is 27.0 Å². The summed E-state index contributed by atoms with van der Waals surface area (Å²) in [6.07, 6.45) is 20.7. The van der Waals surface area contributed by atoms with Crippen LogP contribution in [0.15, 0.2) is 97.1 Å². The molecule has 4 aromatic heterocycles. The summed E-state index contributed by atoms with van der Waals surface area (Å²) in [5.74, 6) is -0.400. The molecule has 4 aliphatic heterocycles. The van der Waals surface area contributed by atoms with Crippen molar-refractivity contribution >= 4 is 188 Å². The van der Waals surface area contributed by atoms with E-state index in [1.54, 1.807) is 67.2 Å². The van der Waals surface area contributed by atoms with E-state index in [-0.39, 0.29) is 112 Å². The van der Waals surface area contributed by atoms with E-state index in [9.17, 15) is 80.8 Å². The highest BCUT2D eigenvalue weighted by Gasteiger charge is 2.46. The van der Waals surface area contributed by atoms with E-state index in [1.807, 2.05) is 72.8 Å². The van der Waals surface area contributed by atoms with Gasteiger partial charge in [-0.25, -0.2) is 47.4 Å². The number of alkyl halides is 2. The lowest BCUT2D eigenvalue weighted by molar-refractivity contribution is -0.139. The van der Waals surface area contributed by atoms with E-state index in [0.29, 0.717) is 186 Å². The number of carbonyl (C=O) groups excluding carboxylic acids is 7. The molecule has 7 N–H and O–H groups in total. The molecule has 756 valence electrons. The Bertz CT molecular complexity index is 6620. The first-order valence-corrected chi connectivity index (χ1v) is 54.4. The number of anilines is 13. The summed E-state index contributed by atoms with van der Waals surface area (Å²) in [7, 11) is -1.06. The van der Waals surface area contributed by atoms with Gasteiger partial charge in [0, 0.05) is 93.5 Å². The largest absolute Gasteiger partial charge is 0.481 e. The first-order chi connectivity index (χ1) is 65.6. The second-order valence-electron chi connectivity index (χ2n) is 39.1. The van der Waals surface area contributed by atoms with Crippen molar-refractivity contribution in [2.24, 2.45) is 23.7 Å². The van der Waals surface area contributed by atoms with Crippen LogP contribution < -0.4 is 44.2 Å². The average Bonchev–Trinajstić information content (AvgIpc) is 1.55. The van der Waals surface area contributed by atoms with Gasteiger partial charge >= 0.3 is 5.97 Å². The van der Waals surface area contributed by atoms with Crippen LogP contribution in [0.2, 0.25) is 0 Å². The molecule has 8 saturated carbocycles. The van der Waals surface area contributed by atoms with Crippen LogP contribution in [0.4, 0.5) is 82.8 Å². The maximum atomic E-state index is 13.4. The van der Waals surface area contributed by atoms with E-state index in [2.05, 4.69) is 41.2 Å². The zero-order valence-electron chi connectivity index (χ0n) is 81.0. The van der Waals surface area contributed by atoms with Crippen molar-refractivity contribution in [3.63, 3.8) is 0 Å². The van der Waals surface area contributed by atoms with E-state index >= 15 is 0 Å². The number of ketones is 3. The number of nitrogens with one attached hydrogen (secondary N) is 4. The Labute approximate surface area is 835 Å². The molecule has 0 bridgehead atoms. The molecule has 8 aliphatic carbocycles. The van der Waals surface area contributed by atoms with Gasteiger partial charge in [0.15, 0.2) is 0 Å². The van der Waals surface area contributed by atoms with Gasteiger partial charge in [0.2, 0.25) is 40.1 Å². The molecule has 4 aromatic carbocycles. The first-order valence-electron chi connectivity index (χ1n) is 47.0. The van der Waals surface area contributed by atoms with Crippen LogP contribution in [0.25, 0.3) is 0 Å². The third kappa shape index (κ3) is 23.7. The van der Waals surface area contributed by atoms with Crippen LogP contribution in [0, 0.1) is 23.7 Å². The van der Waals surface area contributed by atoms with Crippen molar-refractivity contribution < 1.29 is 85.9 Å². The van der Waals surface area contributed by atoms with Gasteiger partial charge in [0.25, 0.3) is 23.6 Å². The van der Waals surface area contributed by atoms with Gasteiger partial charge in [-0.05, 0) is 203 Å². The molecule has 34 nitrogen and oxygen atoms in total. The molecule has 0 radical (unpaired) electrons. The highest BCUT2D eigenvalue weighted by Crippen LogP contribution is 2.49. The highest BCUT2D eigenvalue weighted by molar-refractivity contribution is 7.92. The van der Waals surface area contributed by atoms with Crippen molar-refractivity contribution in [2.45, 2.75) is 197 Å². The smallest absolute Gasteiger partial charge is 0.309 e. The van der Waals surface area contributed by atoms with Crippen molar-refractivity contribution in [1.82, 2.24) is 39.5 Å². The summed E-state index contributed by atoms with van der Waals surface area (Å²) >= 11 is 0. The van der Waals surface area contributed by atoms with E-state index in [4.69, 9.17) is 10.8 Å². The number of hydrogen-bond donors (Lipinski definition) is 6. The molecular formula is C99H123F2N17O17S6. The summed E-state index contributed by atoms with van der Waals surface area (Å²) in [6, 6.07) is 30.0. The highest BCUT2D eigenvalue weighted by atomic mass is 32.2. The number of carbonyl (C=O) groups is 8. The van der Waals surface area contributed by atoms with E-state index < -0.39 is 70.2 Å². The Morgan fingerprint density at radius 3 is 0.809 bits per heavy atom. The molecule has 20 rings (SSSR count). The third-order valence-electron chi connectivity index (χ3n) is 28.5. The number of sulfonamides is 4. The monoisotopic (exact) mass is 2050 g/mol. The van der Waals surface area contributed by atoms with Crippen molar-refractivity contribution in [3.8, 4) is 0 Å². The minimum atomic E-state index is -3.54.